The Balaban J connectivity index is 1.02. The SMILES string of the molecule is Cc1cc2c3c(c1)N(c1ccc4c(c1)C(C)(C)c1ccccc1-4)c1cc(C(C)(C)C)ccc1B3c1ccc(N(c3ccc(C(C)(C)C)cc3)c3ccc4c5ccccc5n(-c5ccccc5)c4c3)cc1N2c1ccc(C(C)(C)C)cc1. The molecule has 0 saturated heterocycles. The first-order valence-corrected chi connectivity index (χ1v) is 29.1. The zero-order valence-corrected chi connectivity index (χ0v) is 49.1. The van der Waals surface area contributed by atoms with Gasteiger partial charge < -0.3 is 19.3 Å². The van der Waals surface area contributed by atoms with E-state index in [1.165, 1.54) is 111 Å². The van der Waals surface area contributed by atoms with Crippen molar-refractivity contribution in [2.45, 2.75) is 105 Å². The predicted octanol–water partition coefficient (Wildman–Crippen LogP) is 18.8. The molecule has 3 heterocycles. The second-order valence-corrected chi connectivity index (χ2v) is 26.8. The number of nitrogens with zero attached hydrogens (tertiary/aromatic N) is 4. The number of fused-ring (bicyclic) bond motifs is 10. The lowest BCUT2D eigenvalue weighted by molar-refractivity contribution is 0.590. The van der Waals surface area contributed by atoms with E-state index >= 15 is 0 Å². The van der Waals surface area contributed by atoms with E-state index in [2.05, 4.69) is 315 Å². The van der Waals surface area contributed by atoms with Gasteiger partial charge in [-0.25, -0.2) is 0 Å². The molecule has 3 aliphatic rings. The van der Waals surface area contributed by atoms with Crippen LogP contribution in [-0.2, 0) is 21.7 Å². The molecule has 10 aromatic carbocycles. The molecule has 0 fully saturated rings. The lowest BCUT2D eigenvalue weighted by Gasteiger charge is -2.45. The molecule has 0 saturated carbocycles. The summed E-state index contributed by atoms with van der Waals surface area (Å²) in [5.74, 6) is 0. The molecule has 81 heavy (non-hydrogen) atoms. The second-order valence-electron chi connectivity index (χ2n) is 26.8. The highest BCUT2D eigenvalue weighted by Crippen LogP contribution is 2.53. The maximum atomic E-state index is 2.61. The van der Waals surface area contributed by atoms with Gasteiger partial charge in [-0.05, 0) is 181 Å². The van der Waals surface area contributed by atoms with Crippen molar-refractivity contribution in [2.75, 3.05) is 14.7 Å². The first kappa shape index (κ1) is 50.7. The van der Waals surface area contributed by atoms with Crippen LogP contribution in [0.3, 0.4) is 0 Å². The van der Waals surface area contributed by atoms with E-state index in [0.29, 0.717) is 0 Å². The van der Waals surface area contributed by atoms with Crippen LogP contribution < -0.4 is 31.1 Å². The van der Waals surface area contributed by atoms with Crippen molar-refractivity contribution in [2.24, 2.45) is 0 Å². The molecule has 0 bridgehead atoms. The van der Waals surface area contributed by atoms with E-state index in [1.807, 2.05) is 0 Å². The fourth-order valence-electron chi connectivity index (χ4n) is 13.7. The minimum atomic E-state index is -0.149. The Labute approximate surface area is 480 Å². The molecule has 1 aromatic heterocycles. The van der Waals surface area contributed by atoms with Crippen LogP contribution in [-0.4, -0.2) is 11.3 Å². The van der Waals surface area contributed by atoms with Gasteiger partial charge in [0, 0.05) is 73.1 Å². The highest BCUT2D eigenvalue weighted by molar-refractivity contribution is 7.00. The molecule has 0 amide bonds. The van der Waals surface area contributed by atoms with Crippen LogP contribution in [0.25, 0.3) is 38.6 Å². The minimum absolute atomic E-state index is 0.000621. The van der Waals surface area contributed by atoms with E-state index in [0.717, 1.165) is 28.4 Å². The number of benzene rings is 10. The summed E-state index contributed by atoms with van der Waals surface area (Å²) >= 11 is 0. The topological polar surface area (TPSA) is 14.7 Å². The quantitative estimate of drug-likeness (QED) is 0.154. The Hall–Kier alpha value is -8.54. The van der Waals surface area contributed by atoms with Crippen LogP contribution in [0.4, 0.5) is 51.2 Å². The summed E-state index contributed by atoms with van der Waals surface area (Å²) in [6.45, 7) is 27.9. The highest BCUT2D eigenvalue weighted by atomic mass is 15.2. The fourth-order valence-corrected chi connectivity index (χ4v) is 13.7. The summed E-state index contributed by atoms with van der Waals surface area (Å²) in [5, 5.41) is 2.47. The number of hydrogen-bond donors (Lipinski definition) is 0. The molecule has 0 spiro atoms. The van der Waals surface area contributed by atoms with Gasteiger partial charge >= 0.3 is 0 Å². The number of hydrogen-bond acceptors (Lipinski definition) is 3. The van der Waals surface area contributed by atoms with Crippen LogP contribution in [0.5, 0.6) is 0 Å². The van der Waals surface area contributed by atoms with Gasteiger partial charge in [0.25, 0.3) is 6.71 Å². The summed E-state index contributed by atoms with van der Waals surface area (Å²) in [7, 11) is 0. The molecule has 0 atom stereocenters. The van der Waals surface area contributed by atoms with Gasteiger partial charge in [0.05, 0.1) is 11.0 Å². The molecular formula is C76H71BN4. The van der Waals surface area contributed by atoms with E-state index in [1.54, 1.807) is 0 Å². The van der Waals surface area contributed by atoms with Crippen molar-refractivity contribution < 1.29 is 0 Å². The Bertz CT molecular complexity index is 4330. The molecule has 2 aliphatic heterocycles. The monoisotopic (exact) mass is 1050 g/mol. The fraction of sp³-hybridized carbons (Fsp3) is 0.211. The van der Waals surface area contributed by atoms with Crippen molar-refractivity contribution in [3.63, 3.8) is 0 Å². The molecular weight excluding hydrogens is 980 g/mol. The van der Waals surface area contributed by atoms with Gasteiger partial charge in [0.15, 0.2) is 0 Å². The highest BCUT2D eigenvalue weighted by Gasteiger charge is 2.45. The maximum absolute atomic E-state index is 2.61. The van der Waals surface area contributed by atoms with Crippen molar-refractivity contribution in [3.8, 4) is 16.8 Å². The van der Waals surface area contributed by atoms with Crippen molar-refractivity contribution in [1.82, 2.24) is 4.57 Å². The van der Waals surface area contributed by atoms with Gasteiger partial charge in [-0.1, -0.05) is 191 Å². The second kappa shape index (κ2) is 18.0. The first-order valence-electron chi connectivity index (χ1n) is 29.1. The van der Waals surface area contributed by atoms with E-state index < -0.39 is 0 Å². The Kier molecular flexibility index (Phi) is 11.3. The van der Waals surface area contributed by atoms with Crippen LogP contribution in [0.1, 0.15) is 110 Å². The standard InChI is InChI=1S/C76H71BN4/c1-48-42-70-72-71(43-48)81(55-35-38-59-58-22-16-18-24-62(58)76(11,12)63(59)45-55)68-44-51(75(8,9)10)30-40-64(68)77(72)65-41-37-57(47-69(65)80(70)54-33-28-50(29-34-54)74(5,6)7)78(53-31-26-49(27-32-53)73(2,3)4)56-36-39-61-60-23-17-19-25-66(60)79(67(61)46-56)52-20-14-13-15-21-52/h13-47H,1-12H3. The van der Waals surface area contributed by atoms with Crippen molar-refractivity contribution in [1.29, 1.82) is 0 Å². The van der Waals surface area contributed by atoms with Crippen LogP contribution in [0, 0.1) is 6.92 Å². The Morgan fingerprint density at radius 3 is 1.59 bits per heavy atom. The summed E-state index contributed by atoms with van der Waals surface area (Å²) in [4.78, 5) is 7.68. The summed E-state index contributed by atoms with van der Waals surface area (Å²) < 4.78 is 2.43. The molecule has 398 valence electrons. The van der Waals surface area contributed by atoms with Gasteiger partial charge in [-0.3, -0.25) is 0 Å². The Morgan fingerprint density at radius 1 is 0.383 bits per heavy atom. The van der Waals surface area contributed by atoms with Crippen molar-refractivity contribution in [3.05, 3.63) is 246 Å². The maximum Gasteiger partial charge on any atom is 0.252 e. The summed E-state index contributed by atoms with van der Waals surface area (Å²) in [6, 6.07) is 81.3. The Morgan fingerprint density at radius 2 is 0.901 bits per heavy atom. The predicted molar refractivity (Wildman–Crippen MR) is 348 cm³/mol. The summed E-state index contributed by atoms with van der Waals surface area (Å²) in [6.07, 6.45) is 0. The van der Waals surface area contributed by atoms with Crippen LogP contribution in [0.2, 0.25) is 0 Å². The average Bonchev–Trinajstić information content (AvgIpc) is 2.22. The lowest BCUT2D eigenvalue weighted by atomic mass is 9.33. The average molecular weight is 1050 g/mol. The van der Waals surface area contributed by atoms with E-state index in [-0.39, 0.29) is 28.4 Å². The third-order valence-electron chi connectivity index (χ3n) is 18.1. The number of para-hydroxylation sites is 2. The lowest BCUT2D eigenvalue weighted by Crippen LogP contribution is -2.61. The molecule has 11 aromatic rings. The zero-order chi connectivity index (χ0) is 56.1. The molecule has 1 aliphatic carbocycles. The van der Waals surface area contributed by atoms with Crippen LogP contribution >= 0.6 is 0 Å². The number of rotatable bonds is 6. The van der Waals surface area contributed by atoms with Crippen molar-refractivity contribution >= 4 is 96.1 Å². The van der Waals surface area contributed by atoms with Gasteiger partial charge in [0.1, 0.15) is 0 Å². The molecule has 0 radical (unpaired) electrons. The number of aromatic nitrogens is 1. The van der Waals surface area contributed by atoms with Gasteiger partial charge in [0.2, 0.25) is 0 Å². The normalized spacial score (nSPS) is 14.2. The largest absolute Gasteiger partial charge is 0.311 e. The summed E-state index contributed by atoms with van der Waals surface area (Å²) in [5.41, 5.74) is 28.3. The van der Waals surface area contributed by atoms with E-state index in [4.69, 9.17) is 0 Å². The zero-order valence-electron chi connectivity index (χ0n) is 49.1. The van der Waals surface area contributed by atoms with Gasteiger partial charge in [-0.15, -0.1) is 0 Å². The number of aryl methyl sites for hydroxylation is 1. The molecule has 5 heteroatoms. The molecule has 0 unspecified atom stereocenters. The van der Waals surface area contributed by atoms with Gasteiger partial charge in [-0.2, -0.15) is 0 Å². The third-order valence-corrected chi connectivity index (χ3v) is 18.1. The molecule has 4 nitrogen and oxygen atoms in total. The smallest absolute Gasteiger partial charge is 0.252 e. The van der Waals surface area contributed by atoms with E-state index in [9.17, 15) is 0 Å². The van der Waals surface area contributed by atoms with Crippen LogP contribution in [0.15, 0.2) is 212 Å². The molecule has 0 N–H and O–H groups in total. The molecule has 14 rings (SSSR count). The minimum Gasteiger partial charge on any atom is -0.311 e. The first-order chi connectivity index (χ1) is 38.7. The number of anilines is 9. The third kappa shape index (κ3) is 8.01.